The van der Waals surface area contributed by atoms with Crippen LogP contribution in [0.25, 0.3) is 5.65 Å². The molecule has 0 bridgehead atoms. The molecule has 1 aliphatic heterocycles. The molecule has 0 spiro atoms. The van der Waals surface area contributed by atoms with Gasteiger partial charge in [-0.15, -0.1) is 0 Å². The van der Waals surface area contributed by atoms with E-state index in [0.29, 0.717) is 5.92 Å². The predicted octanol–water partition coefficient (Wildman–Crippen LogP) is 4.29. The van der Waals surface area contributed by atoms with Gasteiger partial charge in [0.2, 0.25) is 0 Å². The fourth-order valence-electron chi connectivity index (χ4n) is 3.56. The van der Waals surface area contributed by atoms with Gasteiger partial charge in [0.25, 0.3) is 6.43 Å². The molecule has 3 aromatic rings. The van der Waals surface area contributed by atoms with Crippen LogP contribution in [0.4, 0.5) is 8.78 Å². The van der Waals surface area contributed by atoms with E-state index in [9.17, 15) is 13.6 Å². The number of aromatic nitrogens is 3. The van der Waals surface area contributed by atoms with Crippen molar-refractivity contribution in [1.29, 1.82) is 0 Å². The lowest BCUT2D eigenvalue weighted by molar-refractivity contribution is 0.0846. The Hall–Kier alpha value is -2.67. The monoisotopic (exact) mass is 385 g/mol. The van der Waals surface area contributed by atoms with E-state index in [4.69, 9.17) is 9.72 Å². The molecule has 0 amide bonds. The smallest absolute Gasteiger partial charge is 0.280 e. The second kappa shape index (κ2) is 7.75. The molecule has 28 heavy (non-hydrogen) atoms. The maximum absolute atomic E-state index is 12.8. The number of carbonyl (C=O) groups is 1. The van der Waals surface area contributed by atoms with E-state index in [1.165, 1.54) is 18.2 Å². The van der Waals surface area contributed by atoms with E-state index < -0.39 is 6.43 Å². The fraction of sp³-hybridized carbons (Fsp3) is 0.381. The Morgan fingerprint density at radius 1 is 1.25 bits per heavy atom. The first-order valence-electron chi connectivity index (χ1n) is 9.35. The number of carbonyl (C=O) groups excluding carboxylic acids is 1. The van der Waals surface area contributed by atoms with E-state index >= 15 is 0 Å². The van der Waals surface area contributed by atoms with Crippen LogP contribution in [-0.2, 0) is 11.2 Å². The maximum atomic E-state index is 12.8. The van der Waals surface area contributed by atoms with Crippen molar-refractivity contribution in [2.24, 2.45) is 0 Å². The summed E-state index contributed by atoms with van der Waals surface area (Å²) in [7, 11) is 0. The Morgan fingerprint density at radius 3 is 2.79 bits per heavy atom. The predicted molar refractivity (Wildman–Crippen MR) is 100.0 cm³/mol. The average molecular weight is 385 g/mol. The first kappa shape index (κ1) is 18.7. The minimum atomic E-state index is -2.69. The molecule has 0 atom stereocenters. The molecule has 146 valence electrons. The van der Waals surface area contributed by atoms with E-state index in [1.807, 2.05) is 29.8 Å². The zero-order valence-corrected chi connectivity index (χ0v) is 15.6. The molecule has 4 heterocycles. The molecule has 0 aliphatic carbocycles. The summed E-state index contributed by atoms with van der Waals surface area (Å²) >= 11 is 0. The summed E-state index contributed by atoms with van der Waals surface area (Å²) in [5, 5.41) is 0. The lowest BCUT2D eigenvalue weighted by Gasteiger charge is -2.19. The van der Waals surface area contributed by atoms with Gasteiger partial charge < -0.3 is 9.14 Å². The van der Waals surface area contributed by atoms with Gasteiger partial charge in [-0.05, 0) is 49.1 Å². The number of halogens is 2. The van der Waals surface area contributed by atoms with Crippen molar-refractivity contribution in [3.63, 3.8) is 0 Å². The molecule has 3 aromatic heterocycles. The number of aryl methyl sites for hydroxylation is 1. The summed E-state index contributed by atoms with van der Waals surface area (Å²) in [4.78, 5) is 21.1. The molecule has 0 unspecified atom stereocenters. The number of ether oxygens (including phenoxy) is 1. The van der Waals surface area contributed by atoms with Crippen LogP contribution in [-0.4, -0.2) is 33.4 Å². The number of imidazole rings is 1. The Balaban J connectivity index is 1.59. The number of hydrogen-bond donors (Lipinski definition) is 0. The Kier molecular flexibility index (Phi) is 5.17. The molecule has 0 aromatic carbocycles. The summed E-state index contributed by atoms with van der Waals surface area (Å²) < 4.78 is 33.0. The second-order valence-electron chi connectivity index (χ2n) is 7.15. The Morgan fingerprint density at radius 2 is 2.04 bits per heavy atom. The summed E-state index contributed by atoms with van der Waals surface area (Å²) in [5.74, 6) is 0.107. The molecule has 0 N–H and O–H groups in total. The third kappa shape index (κ3) is 3.80. The highest BCUT2D eigenvalue weighted by Gasteiger charge is 2.20. The van der Waals surface area contributed by atoms with Crippen LogP contribution in [0.3, 0.4) is 0 Å². The summed E-state index contributed by atoms with van der Waals surface area (Å²) in [6, 6.07) is 6.09. The van der Waals surface area contributed by atoms with Gasteiger partial charge in [-0.3, -0.25) is 4.79 Å². The third-order valence-corrected chi connectivity index (χ3v) is 5.20. The minimum absolute atomic E-state index is 0.0609. The number of hydrogen-bond acceptors (Lipinski definition) is 4. The molecule has 4 rings (SSSR count). The van der Waals surface area contributed by atoms with Crippen molar-refractivity contribution < 1.29 is 18.3 Å². The van der Waals surface area contributed by atoms with Crippen LogP contribution in [0.1, 0.15) is 58.2 Å². The Bertz CT molecular complexity index is 1010. The van der Waals surface area contributed by atoms with Crippen LogP contribution in [0.2, 0.25) is 0 Å². The molecular weight excluding hydrogens is 364 g/mol. The van der Waals surface area contributed by atoms with Crippen molar-refractivity contribution in [3.05, 3.63) is 64.9 Å². The lowest BCUT2D eigenvalue weighted by Crippen LogP contribution is -2.14. The molecule has 1 saturated heterocycles. The lowest BCUT2D eigenvalue weighted by atomic mass is 9.97. The zero-order valence-electron chi connectivity index (χ0n) is 15.6. The molecule has 7 heteroatoms. The highest BCUT2D eigenvalue weighted by Crippen LogP contribution is 2.27. The van der Waals surface area contributed by atoms with E-state index in [0.717, 1.165) is 48.5 Å². The minimum Gasteiger partial charge on any atom is -0.381 e. The summed E-state index contributed by atoms with van der Waals surface area (Å²) in [5.41, 5.74) is 3.33. The molecule has 1 aliphatic rings. The first-order chi connectivity index (χ1) is 13.5. The number of alkyl halides is 2. The molecule has 1 fully saturated rings. The van der Waals surface area contributed by atoms with Crippen LogP contribution < -0.4 is 0 Å². The van der Waals surface area contributed by atoms with Gasteiger partial charge in [0.1, 0.15) is 17.0 Å². The number of ketones is 1. The molecule has 0 radical (unpaired) electrons. The van der Waals surface area contributed by atoms with Crippen molar-refractivity contribution in [2.45, 2.75) is 38.5 Å². The number of fused-ring (bicyclic) bond motifs is 1. The van der Waals surface area contributed by atoms with Gasteiger partial charge in [0.15, 0.2) is 5.78 Å². The zero-order chi connectivity index (χ0) is 19.7. The van der Waals surface area contributed by atoms with Gasteiger partial charge in [-0.1, -0.05) is 6.07 Å². The number of rotatable bonds is 5. The maximum Gasteiger partial charge on any atom is 0.280 e. The number of nitrogens with zero attached hydrogens (tertiary/aromatic N) is 3. The van der Waals surface area contributed by atoms with Crippen molar-refractivity contribution in [2.75, 3.05) is 13.2 Å². The van der Waals surface area contributed by atoms with Gasteiger partial charge in [-0.2, -0.15) is 0 Å². The standard InChI is InChI=1S/C21H21F2N3O2/c1-13-9-20-25-18(14-5-7-28-8-6-14)12-26(20)11-15(13)10-19(27)16-3-2-4-17(24-16)21(22)23/h2-4,9,11-12,14,21H,5-8,10H2,1H3. The van der Waals surface area contributed by atoms with E-state index in [1.54, 1.807) is 0 Å². The van der Waals surface area contributed by atoms with E-state index in [2.05, 4.69) is 4.98 Å². The van der Waals surface area contributed by atoms with Crippen LogP contribution in [0, 0.1) is 6.92 Å². The summed E-state index contributed by atoms with van der Waals surface area (Å²) in [6.07, 6.45) is 3.23. The highest BCUT2D eigenvalue weighted by molar-refractivity contribution is 5.96. The number of pyridine rings is 2. The van der Waals surface area contributed by atoms with Crippen molar-refractivity contribution >= 4 is 11.4 Å². The summed E-state index contributed by atoms with van der Waals surface area (Å²) in [6.45, 7) is 3.43. The number of Topliss-reactive ketones (excluding diaryl/α,β-unsaturated/α-hetero) is 1. The largest absolute Gasteiger partial charge is 0.381 e. The first-order valence-corrected chi connectivity index (χ1v) is 9.35. The van der Waals surface area contributed by atoms with Gasteiger partial charge in [-0.25, -0.2) is 18.7 Å². The van der Waals surface area contributed by atoms with E-state index in [-0.39, 0.29) is 23.6 Å². The second-order valence-corrected chi connectivity index (χ2v) is 7.15. The fourth-order valence-corrected chi connectivity index (χ4v) is 3.56. The Labute approximate surface area is 161 Å². The molecule has 0 saturated carbocycles. The van der Waals surface area contributed by atoms with Crippen molar-refractivity contribution in [3.8, 4) is 0 Å². The third-order valence-electron chi connectivity index (χ3n) is 5.20. The van der Waals surface area contributed by atoms with Crippen LogP contribution in [0.5, 0.6) is 0 Å². The SMILES string of the molecule is Cc1cc2nc(C3CCOCC3)cn2cc1CC(=O)c1cccc(C(F)F)n1. The quantitative estimate of drug-likeness (QED) is 0.615. The van der Waals surface area contributed by atoms with Crippen molar-refractivity contribution in [1.82, 2.24) is 14.4 Å². The van der Waals surface area contributed by atoms with Crippen LogP contribution in [0.15, 0.2) is 36.7 Å². The van der Waals surface area contributed by atoms with Gasteiger partial charge >= 0.3 is 0 Å². The molecule has 5 nitrogen and oxygen atoms in total. The highest BCUT2D eigenvalue weighted by atomic mass is 19.3. The van der Waals surface area contributed by atoms with Gasteiger partial charge in [0.05, 0.1) is 5.69 Å². The van der Waals surface area contributed by atoms with Crippen LogP contribution >= 0.6 is 0 Å². The molecular formula is C21H21F2N3O2. The van der Waals surface area contributed by atoms with Gasteiger partial charge in [0, 0.05) is 37.9 Å². The topological polar surface area (TPSA) is 56.5 Å². The normalized spacial score (nSPS) is 15.4. The average Bonchev–Trinajstić information content (AvgIpc) is 3.11.